The van der Waals surface area contributed by atoms with E-state index >= 15 is 0 Å². The Morgan fingerprint density at radius 2 is 2.00 bits per heavy atom. The minimum absolute atomic E-state index is 0.0246. The fourth-order valence-corrected chi connectivity index (χ4v) is 2.73. The Hall–Kier alpha value is -2.04. The third-order valence-electron chi connectivity index (χ3n) is 3.99. The number of carbonyl (C=O) groups is 2. The minimum atomic E-state index is -0.761. The van der Waals surface area contributed by atoms with Crippen LogP contribution in [-0.4, -0.2) is 34.6 Å². The highest BCUT2D eigenvalue weighted by molar-refractivity contribution is 5.75. The number of hydrogen-bond donors (Lipinski definition) is 2. The second-order valence-corrected chi connectivity index (χ2v) is 5.49. The normalized spacial score (nSPS) is 21.0. The van der Waals surface area contributed by atoms with Gasteiger partial charge in [-0.05, 0) is 31.7 Å². The van der Waals surface area contributed by atoms with Crippen molar-refractivity contribution in [1.29, 1.82) is 0 Å². The van der Waals surface area contributed by atoms with Gasteiger partial charge in [-0.15, -0.1) is 0 Å². The molecule has 2 rings (SSSR count). The van der Waals surface area contributed by atoms with Crippen molar-refractivity contribution in [3.63, 3.8) is 0 Å². The van der Waals surface area contributed by atoms with Crippen LogP contribution >= 0.6 is 0 Å². The first kappa shape index (κ1) is 15.4. The number of carboxylic acids is 1. The number of benzene rings is 1. The number of aliphatic carboxylic acids is 1. The molecule has 1 aliphatic carbocycles. The van der Waals surface area contributed by atoms with E-state index in [4.69, 9.17) is 5.11 Å². The van der Waals surface area contributed by atoms with Gasteiger partial charge in [0.05, 0.1) is 5.92 Å². The smallest absolute Gasteiger partial charge is 0.317 e. The third kappa shape index (κ3) is 4.21. The second kappa shape index (κ2) is 7.11. The second-order valence-electron chi connectivity index (χ2n) is 5.49. The Balaban J connectivity index is 1.88. The van der Waals surface area contributed by atoms with Crippen LogP contribution in [0.1, 0.15) is 31.7 Å². The summed E-state index contributed by atoms with van der Waals surface area (Å²) in [5.41, 5.74) is 1.09. The van der Waals surface area contributed by atoms with Gasteiger partial charge >= 0.3 is 12.0 Å². The van der Waals surface area contributed by atoms with Gasteiger partial charge in [0.2, 0.25) is 0 Å². The number of carboxylic acid groups (broad SMARTS) is 1. The Bertz CT molecular complexity index is 490. The predicted molar refractivity (Wildman–Crippen MR) is 79.8 cm³/mol. The van der Waals surface area contributed by atoms with Gasteiger partial charge in [0.25, 0.3) is 0 Å². The standard InChI is InChI=1S/C16H22N2O3/c1-2-18(11-12-6-4-3-5-7-12)16(21)17-14-9-8-13(10-14)15(19)20/h3-7,13-14H,2,8-11H2,1H3,(H,17,21)(H,19,20). The fourth-order valence-electron chi connectivity index (χ4n) is 2.73. The van der Waals surface area contributed by atoms with Gasteiger partial charge in [0.1, 0.15) is 0 Å². The summed E-state index contributed by atoms with van der Waals surface area (Å²) >= 11 is 0. The molecule has 0 heterocycles. The van der Waals surface area contributed by atoms with Crippen molar-refractivity contribution in [2.45, 2.75) is 38.8 Å². The zero-order valence-electron chi connectivity index (χ0n) is 12.3. The van der Waals surface area contributed by atoms with Crippen molar-refractivity contribution >= 4 is 12.0 Å². The molecule has 5 nitrogen and oxygen atoms in total. The summed E-state index contributed by atoms with van der Waals surface area (Å²) in [6.45, 7) is 3.13. The molecule has 0 bridgehead atoms. The van der Waals surface area contributed by atoms with Gasteiger partial charge in [-0.1, -0.05) is 30.3 Å². The number of carbonyl (C=O) groups excluding carboxylic acids is 1. The number of urea groups is 1. The van der Waals surface area contributed by atoms with E-state index in [0.717, 1.165) is 12.0 Å². The number of amides is 2. The molecule has 21 heavy (non-hydrogen) atoms. The van der Waals surface area contributed by atoms with Crippen LogP contribution in [0.25, 0.3) is 0 Å². The van der Waals surface area contributed by atoms with Gasteiger partial charge in [0, 0.05) is 19.1 Å². The SMILES string of the molecule is CCN(Cc1ccccc1)C(=O)NC1CCC(C(=O)O)C1. The Kier molecular flexibility index (Phi) is 5.20. The van der Waals surface area contributed by atoms with Crippen molar-refractivity contribution in [1.82, 2.24) is 10.2 Å². The highest BCUT2D eigenvalue weighted by Gasteiger charge is 2.31. The van der Waals surface area contributed by atoms with E-state index < -0.39 is 5.97 Å². The van der Waals surface area contributed by atoms with E-state index in [-0.39, 0.29) is 18.0 Å². The largest absolute Gasteiger partial charge is 0.481 e. The Morgan fingerprint density at radius 1 is 1.29 bits per heavy atom. The molecule has 0 spiro atoms. The van der Waals surface area contributed by atoms with Gasteiger partial charge in [0.15, 0.2) is 0 Å². The molecule has 2 N–H and O–H groups in total. The highest BCUT2D eigenvalue weighted by Crippen LogP contribution is 2.25. The first-order valence-electron chi connectivity index (χ1n) is 7.42. The molecule has 2 unspecified atom stereocenters. The summed E-state index contributed by atoms with van der Waals surface area (Å²) in [7, 11) is 0. The summed E-state index contributed by atoms with van der Waals surface area (Å²) in [6.07, 6.45) is 1.92. The maximum atomic E-state index is 12.3. The maximum absolute atomic E-state index is 12.3. The molecule has 0 aromatic heterocycles. The molecule has 1 aromatic carbocycles. The van der Waals surface area contributed by atoms with Gasteiger partial charge in [-0.3, -0.25) is 4.79 Å². The van der Waals surface area contributed by atoms with Crippen LogP contribution in [0.3, 0.4) is 0 Å². The highest BCUT2D eigenvalue weighted by atomic mass is 16.4. The lowest BCUT2D eigenvalue weighted by Crippen LogP contribution is -2.43. The Morgan fingerprint density at radius 3 is 2.57 bits per heavy atom. The molecule has 5 heteroatoms. The van der Waals surface area contributed by atoms with E-state index in [1.807, 2.05) is 37.3 Å². The molecule has 0 aliphatic heterocycles. The van der Waals surface area contributed by atoms with Crippen LogP contribution < -0.4 is 5.32 Å². The third-order valence-corrected chi connectivity index (χ3v) is 3.99. The first-order valence-corrected chi connectivity index (χ1v) is 7.42. The average molecular weight is 290 g/mol. The van der Waals surface area contributed by atoms with E-state index in [2.05, 4.69) is 5.32 Å². The molecule has 0 saturated heterocycles. The summed E-state index contributed by atoms with van der Waals surface area (Å²) in [5, 5.41) is 12.0. The van der Waals surface area contributed by atoms with Crippen LogP contribution in [0.2, 0.25) is 0 Å². The molecular weight excluding hydrogens is 268 g/mol. The van der Waals surface area contributed by atoms with Crippen LogP contribution in [-0.2, 0) is 11.3 Å². The average Bonchev–Trinajstić information content (AvgIpc) is 2.94. The molecular formula is C16H22N2O3. The van der Waals surface area contributed by atoms with Crippen molar-refractivity contribution in [2.75, 3.05) is 6.54 Å². The van der Waals surface area contributed by atoms with Crippen molar-refractivity contribution in [3.05, 3.63) is 35.9 Å². The zero-order chi connectivity index (χ0) is 15.2. The number of nitrogens with zero attached hydrogens (tertiary/aromatic N) is 1. The van der Waals surface area contributed by atoms with E-state index in [0.29, 0.717) is 25.9 Å². The van der Waals surface area contributed by atoms with Crippen molar-refractivity contribution in [3.8, 4) is 0 Å². The molecule has 1 aromatic rings. The fraction of sp³-hybridized carbons (Fsp3) is 0.500. The summed E-state index contributed by atoms with van der Waals surface area (Å²) < 4.78 is 0. The van der Waals surface area contributed by atoms with Crippen LogP contribution in [0.5, 0.6) is 0 Å². The molecule has 114 valence electrons. The summed E-state index contributed by atoms with van der Waals surface area (Å²) in [5.74, 6) is -1.08. The van der Waals surface area contributed by atoms with Crippen LogP contribution in [0.15, 0.2) is 30.3 Å². The zero-order valence-corrected chi connectivity index (χ0v) is 12.3. The predicted octanol–water partition coefficient (Wildman–Crippen LogP) is 2.47. The monoisotopic (exact) mass is 290 g/mol. The number of nitrogens with one attached hydrogen (secondary N) is 1. The topological polar surface area (TPSA) is 69.6 Å². The summed E-state index contributed by atoms with van der Waals surface area (Å²) in [4.78, 5) is 25.0. The number of hydrogen-bond acceptors (Lipinski definition) is 2. The molecule has 2 amide bonds. The van der Waals surface area contributed by atoms with Gasteiger partial charge in [-0.2, -0.15) is 0 Å². The Labute approximate surface area is 125 Å². The van der Waals surface area contributed by atoms with E-state index in [9.17, 15) is 9.59 Å². The summed E-state index contributed by atoms with van der Waals surface area (Å²) in [6, 6.07) is 9.70. The van der Waals surface area contributed by atoms with E-state index in [1.165, 1.54) is 0 Å². The molecule has 1 fully saturated rings. The van der Waals surface area contributed by atoms with Crippen molar-refractivity contribution < 1.29 is 14.7 Å². The van der Waals surface area contributed by atoms with Crippen LogP contribution in [0, 0.1) is 5.92 Å². The van der Waals surface area contributed by atoms with Gasteiger partial charge < -0.3 is 15.3 Å². The van der Waals surface area contributed by atoms with Gasteiger partial charge in [-0.25, -0.2) is 4.79 Å². The molecule has 1 saturated carbocycles. The minimum Gasteiger partial charge on any atom is -0.481 e. The number of rotatable bonds is 5. The lowest BCUT2D eigenvalue weighted by molar-refractivity contribution is -0.141. The quantitative estimate of drug-likeness (QED) is 0.875. The van der Waals surface area contributed by atoms with Crippen LogP contribution in [0.4, 0.5) is 4.79 Å². The molecule has 0 radical (unpaired) electrons. The lowest BCUT2D eigenvalue weighted by Gasteiger charge is -2.24. The maximum Gasteiger partial charge on any atom is 0.317 e. The lowest BCUT2D eigenvalue weighted by atomic mass is 10.1. The van der Waals surface area contributed by atoms with Crippen molar-refractivity contribution in [2.24, 2.45) is 5.92 Å². The molecule has 1 aliphatic rings. The first-order chi connectivity index (χ1) is 10.1. The van der Waals surface area contributed by atoms with E-state index in [1.54, 1.807) is 4.90 Å². The molecule has 2 atom stereocenters.